The minimum absolute atomic E-state index is 0.0167. The van der Waals surface area contributed by atoms with Crippen molar-refractivity contribution < 1.29 is 30.5 Å². The molecule has 0 amide bonds. The molecule has 14 heteroatoms. The Morgan fingerprint density at radius 2 is 1.88 bits per heavy atom. The molecule has 2 aromatic heterocycles. The summed E-state index contributed by atoms with van der Waals surface area (Å²) in [5.41, 5.74) is 0.894. The van der Waals surface area contributed by atoms with Gasteiger partial charge in [0, 0.05) is 0 Å². The van der Waals surface area contributed by atoms with Gasteiger partial charge in [0.25, 0.3) is 0 Å². The molecule has 2 aliphatic rings. The van der Waals surface area contributed by atoms with E-state index in [0.29, 0.717) is 24.7 Å². The van der Waals surface area contributed by atoms with Crippen LogP contribution in [0.4, 0.5) is 0 Å². The molecule has 33 heavy (non-hydrogen) atoms. The molecule has 0 radical (unpaired) electrons. The minimum atomic E-state index is -4.50. The summed E-state index contributed by atoms with van der Waals surface area (Å²) in [6.45, 7) is 5.14. The van der Waals surface area contributed by atoms with E-state index in [4.69, 9.17) is 0 Å². The second-order valence-electron chi connectivity index (χ2n) is 7.50. The number of hydrogen-bond donors (Lipinski definition) is 0. The first-order chi connectivity index (χ1) is 15.5. The van der Waals surface area contributed by atoms with Crippen molar-refractivity contribution in [2.45, 2.75) is 37.3 Å². The third-order valence-electron chi connectivity index (χ3n) is 5.49. The molecule has 0 N–H and O–H groups in total. The van der Waals surface area contributed by atoms with Crippen LogP contribution >= 0.6 is 0 Å². The number of allylic oxidation sites excluding steroid dienone is 2. The van der Waals surface area contributed by atoms with E-state index in [1.807, 2.05) is 29.4 Å². The molecule has 0 saturated carbocycles. The summed E-state index contributed by atoms with van der Waals surface area (Å²) in [4.78, 5) is 7.69. The second-order valence-corrected chi connectivity index (χ2v) is 14.3. The molecule has 0 bridgehead atoms. The van der Waals surface area contributed by atoms with Gasteiger partial charge in [-0.25, -0.2) is 0 Å². The molecule has 180 valence electrons. The number of hydrogen-bond acceptors (Lipinski definition) is 8. The molecule has 2 atom stereocenters. The van der Waals surface area contributed by atoms with Crippen LogP contribution in [-0.2, 0) is 32.7 Å². The van der Waals surface area contributed by atoms with Crippen molar-refractivity contribution in [3.63, 3.8) is 0 Å². The molecule has 0 spiro atoms. The number of rotatable bonds is 8. The van der Waals surface area contributed by atoms with Crippen LogP contribution in [0.25, 0.3) is 16.0 Å². The van der Waals surface area contributed by atoms with Crippen molar-refractivity contribution >= 4 is 65.7 Å². The average molecular weight is 625 g/mol. The van der Waals surface area contributed by atoms with E-state index in [0.717, 1.165) is 9.91 Å². The van der Waals surface area contributed by atoms with Gasteiger partial charge in [0.1, 0.15) is 0 Å². The molecule has 1 saturated heterocycles. The molecular formula is C19H23N4O6S2Se2-. The summed E-state index contributed by atoms with van der Waals surface area (Å²) in [6.07, 6.45) is 7.27. The molecule has 2 aromatic rings. The van der Waals surface area contributed by atoms with Crippen LogP contribution in [-0.4, -0.2) is 93.2 Å². The number of imidazole rings is 1. The third kappa shape index (κ3) is 5.03. The topological polar surface area (TPSA) is 130 Å². The van der Waals surface area contributed by atoms with Crippen molar-refractivity contribution in [1.29, 1.82) is 0 Å². The van der Waals surface area contributed by atoms with Crippen LogP contribution in [0.5, 0.6) is 0 Å². The molecule has 2 unspecified atom stereocenters. The van der Waals surface area contributed by atoms with Gasteiger partial charge < -0.3 is 0 Å². The van der Waals surface area contributed by atoms with Crippen LogP contribution in [0, 0.1) is 0 Å². The van der Waals surface area contributed by atoms with E-state index in [2.05, 4.69) is 16.0 Å². The molecule has 0 aromatic carbocycles. The van der Waals surface area contributed by atoms with Gasteiger partial charge in [-0.2, -0.15) is 0 Å². The Hall–Kier alpha value is -1.37. The summed E-state index contributed by atoms with van der Waals surface area (Å²) in [7, 11) is -8.97. The fourth-order valence-electron chi connectivity index (χ4n) is 4.31. The van der Waals surface area contributed by atoms with E-state index in [1.165, 1.54) is 0 Å². The zero-order chi connectivity index (χ0) is 24.0. The predicted octanol–water partition coefficient (Wildman–Crippen LogP) is -0.571. The van der Waals surface area contributed by atoms with Crippen LogP contribution < -0.4 is 4.57 Å². The average Bonchev–Trinajstić information content (AvgIpc) is 3.45. The predicted molar refractivity (Wildman–Crippen MR) is 123 cm³/mol. The first-order valence-electron chi connectivity index (χ1n) is 10.1. The Morgan fingerprint density at radius 3 is 2.52 bits per heavy atom. The summed E-state index contributed by atoms with van der Waals surface area (Å²) < 4.78 is 73.8. The van der Waals surface area contributed by atoms with E-state index in [1.54, 1.807) is 27.7 Å². The van der Waals surface area contributed by atoms with Gasteiger partial charge in [0.2, 0.25) is 0 Å². The Bertz CT molecular complexity index is 1360. The Morgan fingerprint density at radius 1 is 1.12 bits per heavy atom. The van der Waals surface area contributed by atoms with Gasteiger partial charge in [-0.1, -0.05) is 0 Å². The molecular weight excluding hydrogens is 602 g/mol. The first kappa shape index (κ1) is 24.7. The summed E-state index contributed by atoms with van der Waals surface area (Å²) in [5.74, 6) is -0.0296. The fraction of sp³-hybridized carbons (Fsp3) is 0.421. The van der Waals surface area contributed by atoms with Gasteiger partial charge in [0.15, 0.2) is 0 Å². The first-order valence-corrected chi connectivity index (χ1v) is 17.1. The summed E-state index contributed by atoms with van der Waals surface area (Å²) in [5, 5.41) is 0. The number of aromatic nitrogens is 2. The number of fused-ring (bicyclic) bond motifs is 2. The molecule has 1 fully saturated rings. The molecule has 10 nitrogen and oxygen atoms in total. The maximum absolute atomic E-state index is 11.6. The van der Waals surface area contributed by atoms with Gasteiger partial charge in [-0.3, -0.25) is 0 Å². The van der Waals surface area contributed by atoms with E-state index < -0.39 is 32.0 Å². The van der Waals surface area contributed by atoms with Crippen molar-refractivity contribution in [3.8, 4) is 0 Å². The van der Waals surface area contributed by atoms with Crippen molar-refractivity contribution in [3.05, 3.63) is 45.9 Å². The normalized spacial score (nSPS) is 22.5. The molecule has 4 heterocycles. The third-order valence-corrected chi connectivity index (χ3v) is 11.0. The zero-order valence-electron chi connectivity index (χ0n) is 17.9. The Balaban J connectivity index is 1.76. The maximum atomic E-state index is 11.6. The van der Waals surface area contributed by atoms with Crippen LogP contribution in [0.1, 0.15) is 19.7 Å². The molecule has 2 aliphatic heterocycles. The van der Waals surface area contributed by atoms with Gasteiger partial charge in [-0.15, -0.1) is 0 Å². The monoisotopic (exact) mass is 627 g/mol. The number of likely N-dealkylation sites (N-methyl/N-ethyl adjacent to an activating group) is 1. The van der Waals surface area contributed by atoms with Gasteiger partial charge in [-0.05, 0) is 0 Å². The zero-order valence-corrected chi connectivity index (χ0v) is 23.0. The quantitative estimate of drug-likeness (QED) is 0.217. The molecule has 4 rings (SSSR count). The van der Waals surface area contributed by atoms with Crippen LogP contribution in [0.15, 0.2) is 40.0 Å². The van der Waals surface area contributed by atoms with Crippen molar-refractivity contribution in [2.75, 3.05) is 12.4 Å². The number of aryl methyl sites for hydroxylation is 1. The van der Waals surface area contributed by atoms with E-state index in [9.17, 15) is 25.9 Å². The van der Waals surface area contributed by atoms with Crippen molar-refractivity contribution in [1.82, 2.24) is 14.4 Å². The molecule has 0 aliphatic carbocycles. The van der Waals surface area contributed by atoms with E-state index >= 15 is 0 Å². The Kier molecular flexibility index (Phi) is 7.01. The summed E-state index contributed by atoms with van der Waals surface area (Å²) >= 11 is -0.0309. The Labute approximate surface area is 205 Å². The van der Waals surface area contributed by atoms with Crippen LogP contribution in [0.3, 0.4) is 0 Å². The van der Waals surface area contributed by atoms with Crippen LogP contribution in [0.2, 0.25) is 0 Å². The standard InChI is InChI=1S/C19H24N4O6S2Se2/c1-3-20-14-8-10-32-18(14)22(12-30(24,25)26)16(20)6-5-7-17-21(4-2)15-9-11-33-19(15)23(17)13-31(27,28)29/h5-11,14,18H,3-4,12-13H2,1-2H3,(H-,24,25,26,27,28,29)/p-1. The van der Waals surface area contributed by atoms with E-state index in [-0.39, 0.29) is 40.4 Å². The summed E-state index contributed by atoms with van der Waals surface area (Å²) in [6, 6.07) is 1.96. The fourth-order valence-corrected chi connectivity index (χ4v) is 10.2. The second kappa shape index (κ2) is 9.35. The SMILES string of the molecule is CCN1/C(=C\C=C\c2n(CC)c3cc[se]c3[n+]2CS(=O)(=O)[O-])N(CS(=O)(=O)[O-])C2[Se]C=CC21. The van der Waals surface area contributed by atoms with Gasteiger partial charge in [0.05, 0.1) is 0 Å². The van der Waals surface area contributed by atoms with Gasteiger partial charge >= 0.3 is 206 Å². The number of nitrogens with zero attached hydrogens (tertiary/aromatic N) is 4. The van der Waals surface area contributed by atoms with Crippen molar-refractivity contribution in [2.24, 2.45) is 0 Å².